The number of likely N-dealkylation sites (N-methyl/N-ethyl adjacent to an activating group) is 1. The third kappa shape index (κ3) is 13.6. The second kappa shape index (κ2) is 19.5. The van der Waals surface area contributed by atoms with E-state index < -0.39 is 47.5 Å². The third-order valence-corrected chi connectivity index (χ3v) is 10.2. The van der Waals surface area contributed by atoms with E-state index in [1.807, 2.05) is 58.0 Å². The van der Waals surface area contributed by atoms with Gasteiger partial charge in [-0.2, -0.15) is 0 Å². The van der Waals surface area contributed by atoms with Gasteiger partial charge in [-0.1, -0.05) is 65.0 Å². The standard InChI is InChI=1S/C39H64N6O6/c1-25(2)21-32(35(47)39(8)24-51-39)42-36(48)28(6)40-38(50)33(22-26(3)4)43-37(49)31(16-15-30-13-11-10-12-14-30)41-34(46)23-27(5)29(7)45-19-17-44(9)18-20-45/h10-14,25-29,31-33H,15-24H2,1-9H3,(H,40,50)(H,41,46)(H,42,48)(H,43,49)/t27?,28-,29?,31-,32-,33-,39+/m0/s1. The van der Waals surface area contributed by atoms with E-state index in [1.165, 1.54) is 0 Å². The van der Waals surface area contributed by atoms with Gasteiger partial charge in [0, 0.05) is 38.6 Å². The van der Waals surface area contributed by atoms with Crippen LogP contribution >= 0.6 is 0 Å². The minimum Gasteiger partial charge on any atom is -0.361 e. The van der Waals surface area contributed by atoms with Crippen LogP contribution in [0.2, 0.25) is 0 Å². The molecule has 0 bridgehead atoms. The Bertz CT molecular complexity index is 1310. The number of nitrogens with zero attached hydrogens (tertiary/aromatic N) is 2. The summed E-state index contributed by atoms with van der Waals surface area (Å²) in [6, 6.07) is 6.48. The highest BCUT2D eigenvalue weighted by atomic mass is 16.6. The maximum absolute atomic E-state index is 13.9. The number of rotatable bonds is 20. The summed E-state index contributed by atoms with van der Waals surface area (Å²) in [6.07, 6.45) is 1.96. The lowest BCUT2D eigenvalue weighted by molar-refractivity contribution is -0.135. The Morgan fingerprint density at radius 1 is 0.745 bits per heavy atom. The van der Waals surface area contributed by atoms with Crippen LogP contribution in [0, 0.1) is 17.8 Å². The number of piperazine rings is 1. The molecular formula is C39H64N6O6. The van der Waals surface area contributed by atoms with E-state index in [-0.39, 0.29) is 41.9 Å². The first-order chi connectivity index (χ1) is 24.0. The molecule has 0 saturated carbocycles. The largest absolute Gasteiger partial charge is 0.361 e. The molecule has 0 radical (unpaired) electrons. The SMILES string of the molecule is CC(C)C[C@H](NC(=O)[C@H](CCc1ccccc1)NC(=O)CC(C)C(C)N1CCN(C)CC1)C(=O)N[C@@H](C)C(=O)N[C@@H](CC(C)C)C(=O)[C@@]1(C)CO1. The fourth-order valence-corrected chi connectivity index (χ4v) is 6.50. The second-order valence-electron chi connectivity index (χ2n) is 15.9. The average molecular weight is 713 g/mol. The van der Waals surface area contributed by atoms with Crippen LogP contribution in [0.1, 0.15) is 86.6 Å². The molecule has 2 heterocycles. The van der Waals surface area contributed by atoms with Crippen LogP contribution < -0.4 is 21.3 Å². The lowest BCUT2D eigenvalue weighted by Crippen LogP contribution is -2.58. The highest BCUT2D eigenvalue weighted by molar-refractivity contribution is 5.98. The highest BCUT2D eigenvalue weighted by Gasteiger charge is 2.50. The van der Waals surface area contributed by atoms with Gasteiger partial charge in [0.05, 0.1) is 12.6 Å². The van der Waals surface area contributed by atoms with Crippen molar-refractivity contribution in [3.8, 4) is 0 Å². The van der Waals surface area contributed by atoms with Crippen molar-refractivity contribution in [2.45, 2.75) is 123 Å². The summed E-state index contributed by atoms with van der Waals surface area (Å²) < 4.78 is 5.34. The minimum atomic E-state index is -0.961. The van der Waals surface area contributed by atoms with Crippen molar-refractivity contribution >= 4 is 29.4 Å². The van der Waals surface area contributed by atoms with Crippen LogP contribution in [0.15, 0.2) is 30.3 Å². The molecule has 0 aliphatic carbocycles. The molecule has 2 aliphatic heterocycles. The quantitative estimate of drug-likeness (QED) is 0.151. The van der Waals surface area contributed by atoms with Gasteiger partial charge in [0.1, 0.15) is 23.7 Å². The normalized spacial score (nSPS) is 21.5. The highest BCUT2D eigenvalue weighted by Crippen LogP contribution is 2.29. The lowest BCUT2D eigenvalue weighted by atomic mass is 9.93. The first kappa shape index (κ1) is 42.1. The van der Waals surface area contributed by atoms with Crippen molar-refractivity contribution < 1.29 is 28.7 Å². The summed E-state index contributed by atoms with van der Waals surface area (Å²) >= 11 is 0. The van der Waals surface area contributed by atoms with Gasteiger partial charge in [-0.15, -0.1) is 0 Å². The molecule has 2 unspecified atom stereocenters. The van der Waals surface area contributed by atoms with E-state index in [1.54, 1.807) is 13.8 Å². The fraction of sp³-hybridized carbons (Fsp3) is 0.718. The van der Waals surface area contributed by atoms with E-state index >= 15 is 0 Å². The molecule has 1 aromatic rings. The lowest BCUT2D eigenvalue weighted by Gasteiger charge is -2.38. The second-order valence-corrected chi connectivity index (χ2v) is 15.9. The molecule has 12 nitrogen and oxygen atoms in total. The molecular weight excluding hydrogens is 648 g/mol. The summed E-state index contributed by atoms with van der Waals surface area (Å²) in [5, 5.41) is 11.5. The minimum absolute atomic E-state index is 0.0479. The number of amides is 4. The molecule has 3 rings (SSSR count). The van der Waals surface area contributed by atoms with Crippen molar-refractivity contribution in [3.05, 3.63) is 35.9 Å². The maximum Gasteiger partial charge on any atom is 0.243 e. The number of ketones is 1. The van der Waals surface area contributed by atoms with Crippen LogP contribution in [0.25, 0.3) is 0 Å². The number of hydrogen-bond acceptors (Lipinski definition) is 8. The van der Waals surface area contributed by atoms with Crippen LogP contribution in [-0.2, 0) is 35.1 Å². The molecule has 51 heavy (non-hydrogen) atoms. The Kier molecular flexibility index (Phi) is 16.1. The van der Waals surface area contributed by atoms with Crippen molar-refractivity contribution in [2.75, 3.05) is 39.8 Å². The smallest absolute Gasteiger partial charge is 0.243 e. The summed E-state index contributed by atoms with van der Waals surface area (Å²) in [7, 11) is 2.12. The van der Waals surface area contributed by atoms with E-state index in [4.69, 9.17) is 4.74 Å². The van der Waals surface area contributed by atoms with Crippen LogP contribution in [0.3, 0.4) is 0 Å². The summed E-state index contributed by atoms with van der Waals surface area (Å²) in [5.74, 6) is -1.56. The third-order valence-electron chi connectivity index (χ3n) is 10.2. The van der Waals surface area contributed by atoms with Gasteiger partial charge in [0.2, 0.25) is 23.6 Å². The number of benzene rings is 1. The van der Waals surface area contributed by atoms with Gasteiger partial charge in [-0.05, 0) is 76.8 Å². The van der Waals surface area contributed by atoms with Gasteiger partial charge in [-0.25, -0.2) is 0 Å². The maximum atomic E-state index is 13.9. The summed E-state index contributed by atoms with van der Waals surface area (Å²) in [6.45, 7) is 19.5. The molecule has 1 aromatic carbocycles. The van der Waals surface area contributed by atoms with E-state index in [2.05, 4.69) is 52.0 Å². The van der Waals surface area contributed by atoms with E-state index in [0.717, 1.165) is 31.7 Å². The Balaban J connectivity index is 1.67. The van der Waals surface area contributed by atoms with Crippen molar-refractivity contribution in [2.24, 2.45) is 17.8 Å². The number of ether oxygens (including phenoxy) is 1. The number of Topliss-reactive ketones (excluding diaryl/α,β-unsaturated/α-hetero) is 1. The molecule has 4 N–H and O–H groups in total. The van der Waals surface area contributed by atoms with E-state index in [9.17, 15) is 24.0 Å². The number of aryl methyl sites for hydroxylation is 1. The molecule has 7 atom stereocenters. The van der Waals surface area contributed by atoms with Crippen molar-refractivity contribution in [1.29, 1.82) is 0 Å². The van der Waals surface area contributed by atoms with Gasteiger partial charge in [0.15, 0.2) is 5.78 Å². The van der Waals surface area contributed by atoms with Gasteiger partial charge >= 0.3 is 0 Å². The predicted molar refractivity (Wildman–Crippen MR) is 199 cm³/mol. The van der Waals surface area contributed by atoms with E-state index in [0.29, 0.717) is 32.3 Å². The topological polar surface area (TPSA) is 152 Å². The fourth-order valence-electron chi connectivity index (χ4n) is 6.50. The molecule has 286 valence electrons. The first-order valence-corrected chi connectivity index (χ1v) is 18.8. The van der Waals surface area contributed by atoms with Crippen LogP contribution in [0.5, 0.6) is 0 Å². The first-order valence-electron chi connectivity index (χ1n) is 18.8. The number of epoxide rings is 1. The van der Waals surface area contributed by atoms with Gasteiger partial charge in [0.25, 0.3) is 0 Å². The molecule has 0 spiro atoms. The Morgan fingerprint density at radius 3 is 1.86 bits per heavy atom. The zero-order chi connectivity index (χ0) is 37.9. The monoisotopic (exact) mass is 712 g/mol. The molecule has 0 aromatic heterocycles. The van der Waals surface area contributed by atoms with Crippen LogP contribution in [-0.4, -0.2) is 115 Å². The van der Waals surface area contributed by atoms with Crippen LogP contribution in [0.4, 0.5) is 0 Å². The Hall–Kier alpha value is -3.35. The number of hydrogen-bond donors (Lipinski definition) is 4. The zero-order valence-electron chi connectivity index (χ0n) is 32.4. The number of nitrogens with one attached hydrogen (secondary N) is 4. The number of carbonyl (C=O) groups excluding carboxylic acids is 5. The molecule has 2 aliphatic rings. The van der Waals surface area contributed by atoms with Gasteiger partial charge in [-0.3, -0.25) is 28.9 Å². The predicted octanol–water partition coefficient (Wildman–Crippen LogP) is 2.69. The summed E-state index contributed by atoms with van der Waals surface area (Å²) in [5.41, 5.74) is 0.147. The Labute approximate surface area is 305 Å². The average Bonchev–Trinajstić information content (AvgIpc) is 3.83. The zero-order valence-corrected chi connectivity index (χ0v) is 32.4. The summed E-state index contributed by atoms with van der Waals surface area (Å²) in [4.78, 5) is 71.9. The van der Waals surface area contributed by atoms with Crippen molar-refractivity contribution in [3.63, 3.8) is 0 Å². The molecule has 12 heteroatoms. The molecule has 2 saturated heterocycles. The number of carbonyl (C=O) groups is 5. The molecule has 2 fully saturated rings. The molecule has 4 amide bonds. The van der Waals surface area contributed by atoms with Crippen molar-refractivity contribution in [1.82, 2.24) is 31.1 Å². The van der Waals surface area contributed by atoms with Gasteiger partial charge < -0.3 is 30.9 Å². The Morgan fingerprint density at radius 2 is 1.29 bits per heavy atom.